The molecular formula is C17H28ClN3O2. The Labute approximate surface area is 145 Å². The highest BCUT2D eigenvalue weighted by Crippen LogP contribution is 2.14. The van der Waals surface area contributed by atoms with Crippen molar-refractivity contribution in [2.24, 2.45) is 11.7 Å². The molecule has 23 heavy (non-hydrogen) atoms. The molecule has 2 rings (SSSR count). The molecule has 0 saturated carbocycles. The van der Waals surface area contributed by atoms with E-state index < -0.39 is 6.04 Å². The van der Waals surface area contributed by atoms with Crippen LogP contribution in [0, 0.1) is 5.92 Å². The van der Waals surface area contributed by atoms with Crippen LogP contribution in [0.5, 0.6) is 0 Å². The minimum absolute atomic E-state index is 0. The molecule has 1 fully saturated rings. The summed E-state index contributed by atoms with van der Waals surface area (Å²) < 4.78 is 5.35. The van der Waals surface area contributed by atoms with Crippen LogP contribution in [-0.4, -0.2) is 43.2 Å². The van der Waals surface area contributed by atoms with Gasteiger partial charge in [-0.1, -0.05) is 32.4 Å². The van der Waals surface area contributed by atoms with Crippen molar-refractivity contribution in [1.29, 1.82) is 0 Å². The third-order valence-electron chi connectivity index (χ3n) is 4.29. The van der Waals surface area contributed by atoms with Crippen molar-refractivity contribution in [1.82, 2.24) is 4.90 Å². The molecule has 2 unspecified atom stereocenters. The molecule has 1 aliphatic heterocycles. The van der Waals surface area contributed by atoms with E-state index in [9.17, 15) is 4.79 Å². The zero-order chi connectivity index (χ0) is 15.9. The lowest BCUT2D eigenvalue weighted by atomic mass is 9.99. The molecule has 5 nitrogen and oxygen atoms in total. The normalized spacial score (nSPS) is 17.9. The Kier molecular flexibility index (Phi) is 8.55. The Bertz CT molecular complexity index is 475. The van der Waals surface area contributed by atoms with Gasteiger partial charge in [0, 0.05) is 25.3 Å². The molecule has 1 aromatic rings. The molecule has 1 aliphatic rings. The number of nitrogens with zero attached hydrogens (tertiary/aromatic N) is 1. The molecular weight excluding hydrogens is 314 g/mol. The highest BCUT2D eigenvalue weighted by atomic mass is 35.5. The highest BCUT2D eigenvalue weighted by Gasteiger charge is 2.19. The molecule has 2 atom stereocenters. The summed E-state index contributed by atoms with van der Waals surface area (Å²) in [6.07, 6.45) is 0.896. The van der Waals surface area contributed by atoms with Gasteiger partial charge >= 0.3 is 0 Å². The van der Waals surface area contributed by atoms with E-state index in [1.54, 1.807) is 0 Å². The van der Waals surface area contributed by atoms with E-state index >= 15 is 0 Å². The zero-order valence-corrected chi connectivity index (χ0v) is 14.8. The van der Waals surface area contributed by atoms with Crippen LogP contribution in [-0.2, 0) is 16.1 Å². The van der Waals surface area contributed by atoms with Gasteiger partial charge < -0.3 is 15.8 Å². The van der Waals surface area contributed by atoms with Crippen LogP contribution < -0.4 is 11.1 Å². The summed E-state index contributed by atoms with van der Waals surface area (Å²) in [5, 5.41) is 2.89. The molecule has 130 valence electrons. The maximum Gasteiger partial charge on any atom is 0.241 e. The van der Waals surface area contributed by atoms with Crippen molar-refractivity contribution in [3.63, 3.8) is 0 Å². The molecule has 1 amide bonds. The van der Waals surface area contributed by atoms with Gasteiger partial charge in [-0.25, -0.2) is 0 Å². The van der Waals surface area contributed by atoms with Gasteiger partial charge in [-0.2, -0.15) is 0 Å². The predicted molar refractivity (Wildman–Crippen MR) is 95.8 cm³/mol. The van der Waals surface area contributed by atoms with Crippen LogP contribution in [0.1, 0.15) is 25.8 Å². The highest BCUT2D eigenvalue weighted by molar-refractivity contribution is 5.94. The lowest BCUT2D eigenvalue weighted by Crippen LogP contribution is -2.40. The van der Waals surface area contributed by atoms with E-state index in [1.165, 1.54) is 5.56 Å². The second-order valence-electron chi connectivity index (χ2n) is 5.99. The predicted octanol–water partition coefficient (Wildman–Crippen LogP) is 2.25. The van der Waals surface area contributed by atoms with Crippen LogP contribution in [0.3, 0.4) is 0 Å². The Hall–Kier alpha value is -1.14. The molecule has 0 spiro atoms. The molecule has 3 N–H and O–H groups in total. The lowest BCUT2D eigenvalue weighted by Gasteiger charge is -2.26. The lowest BCUT2D eigenvalue weighted by molar-refractivity contribution is -0.118. The number of ether oxygens (including phenoxy) is 1. The molecule has 0 aliphatic carbocycles. The number of nitrogens with one attached hydrogen (secondary N) is 1. The van der Waals surface area contributed by atoms with Gasteiger partial charge in [0.05, 0.1) is 19.3 Å². The van der Waals surface area contributed by atoms with Crippen molar-refractivity contribution < 1.29 is 9.53 Å². The van der Waals surface area contributed by atoms with Gasteiger partial charge in [0.1, 0.15) is 0 Å². The topological polar surface area (TPSA) is 67.6 Å². The number of hydrogen-bond donors (Lipinski definition) is 2. The average molecular weight is 342 g/mol. The van der Waals surface area contributed by atoms with E-state index in [0.29, 0.717) is 0 Å². The Balaban J connectivity index is 0.00000264. The van der Waals surface area contributed by atoms with Gasteiger partial charge in [0.2, 0.25) is 5.91 Å². The minimum Gasteiger partial charge on any atom is -0.379 e. The monoisotopic (exact) mass is 341 g/mol. The quantitative estimate of drug-likeness (QED) is 0.832. The van der Waals surface area contributed by atoms with E-state index in [0.717, 1.165) is 45.0 Å². The number of hydrogen-bond acceptors (Lipinski definition) is 4. The fourth-order valence-corrected chi connectivity index (χ4v) is 2.45. The molecule has 1 heterocycles. The fourth-order valence-electron chi connectivity index (χ4n) is 2.45. The van der Waals surface area contributed by atoms with Crippen molar-refractivity contribution in [3.8, 4) is 0 Å². The van der Waals surface area contributed by atoms with Crippen molar-refractivity contribution in [3.05, 3.63) is 29.8 Å². The Morgan fingerprint density at radius 3 is 2.48 bits per heavy atom. The number of morpholine rings is 1. The maximum atomic E-state index is 12.1. The molecule has 6 heteroatoms. The number of halogens is 1. The van der Waals surface area contributed by atoms with E-state index in [-0.39, 0.29) is 24.2 Å². The molecule has 1 saturated heterocycles. The van der Waals surface area contributed by atoms with Crippen molar-refractivity contribution >= 4 is 24.0 Å². The van der Waals surface area contributed by atoms with Gasteiger partial charge in [-0.05, 0) is 23.6 Å². The number of benzene rings is 1. The molecule has 0 bridgehead atoms. The number of amides is 1. The first-order valence-corrected chi connectivity index (χ1v) is 8.05. The number of carbonyl (C=O) groups excluding carboxylic acids is 1. The number of nitrogens with two attached hydrogens (primary N) is 1. The van der Waals surface area contributed by atoms with E-state index in [4.69, 9.17) is 10.5 Å². The zero-order valence-electron chi connectivity index (χ0n) is 14.0. The van der Waals surface area contributed by atoms with Gasteiger partial charge in [-0.15, -0.1) is 12.4 Å². The summed E-state index contributed by atoms with van der Waals surface area (Å²) >= 11 is 0. The largest absolute Gasteiger partial charge is 0.379 e. The number of anilines is 1. The first-order chi connectivity index (χ1) is 10.6. The first-order valence-electron chi connectivity index (χ1n) is 8.05. The smallest absolute Gasteiger partial charge is 0.241 e. The number of rotatable bonds is 6. The van der Waals surface area contributed by atoms with Crippen LogP contribution in [0.15, 0.2) is 24.3 Å². The first kappa shape index (κ1) is 19.9. The van der Waals surface area contributed by atoms with Gasteiger partial charge in [-0.3, -0.25) is 9.69 Å². The molecule has 1 aromatic carbocycles. The summed E-state index contributed by atoms with van der Waals surface area (Å²) in [4.78, 5) is 14.4. The molecule has 0 radical (unpaired) electrons. The van der Waals surface area contributed by atoms with Crippen LogP contribution in [0.4, 0.5) is 5.69 Å². The van der Waals surface area contributed by atoms with Crippen molar-refractivity contribution in [2.75, 3.05) is 31.6 Å². The van der Waals surface area contributed by atoms with Gasteiger partial charge in [0.25, 0.3) is 0 Å². The fraction of sp³-hybridized carbons (Fsp3) is 0.588. The van der Waals surface area contributed by atoms with Gasteiger partial charge in [0.15, 0.2) is 0 Å². The standard InChI is InChI=1S/C17H27N3O2.ClH/c1-3-13(2)16(18)17(21)19-15-6-4-14(5-7-15)12-20-8-10-22-11-9-20;/h4-7,13,16H,3,8-12,18H2,1-2H3,(H,19,21);1H. The SMILES string of the molecule is CCC(C)C(N)C(=O)Nc1ccc(CN2CCOCC2)cc1.Cl. The maximum absolute atomic E-state index is 12.1. The third-order valence-corrected chi connectivity index (χ3v) is 4.29. The summed E-state index contributed by atoms with van der Waals surface area (Å²) in [6, 6.07) is 7.53. The van der Waals surface area contributed by atoms with Crippen LogP contribution in [0.25, 0.3) is 0 Å². The van der Waals surface area contributed by atoms with Crippen LogP contribution in [0.2, 0.25) is 0 Å². The summed E-state index contributed by atoms with van der Waals surface area (Å²) in [5.41, 5.74) is 7.98. The summed E-state index contributed by atoms with van der Waals surface area (Å²) in [7, 11) is 0. The van der Waals surface area contributed by atoms with E-state index in [2.05, 4.69) is 22.3 Å². The summed E-state index contributed by atoms with van der Waals surface area (Å²) in [6.45, 7) is 8.52. The second kappa shape index (κ2) is 9.88. The van der Waals surface area contributed by atoms with E-state index in [1.807, 2.05) is 26.0 Å². The Morgan fingerprint density at radius 1 is 1.30 bits per heavy atom. The minimum atomic E-state index is -0.460. The summed E-state index contributed by atoms with van der Waals surface area (Å²) in [5.74, 6) is 0.0656. The molecule has 0 aromatic heterocycles. The average Bonchev–Trinajstić information content (AvgIpc) is 2.56. The van der Waals surface area contributed by atoms with Crippen LogP contribution >= 0.6 is 12.4 Å². The second-order valence-corrected chi connectivity index (χ2v) is 5.99. The number of carbonyl (C=O) groups is 1. The Morgan fingerprint density at radius 2 is 1.91 bits per heavy atom. The van der Waals surface area contributed by atoms with Crippen molar-refractivity contribution in [2.45, 2.75) is 32.9 Å². The third kappa shape index (κ3) is 6.11.